The molecule has 21 heavy (non-hydrogen) atoms. The molecule has 0 aromatic heterocycles. The lowest BCUT2D eigenvalue weighted by molar-refractivity contribution is 0.145. The van der Waals surface area contributed by atoms with Crippen molar-refractivity contribution in [2.75, 3.05) is 13.2 Å². The van der Waals surface area contributed by atoms with Gasteiger partial charge in [-0.15, -0.1) is 0 Å². The highest BCUT2D eigenvalue weighted by Crippen LogP contribution is 2.38. The number of benzene rings is 2. The van der Waals surface area contributed by atoms with Gasteiger partial charge in [-0.1, -0.05) is 29.8 Å². The van der Waals surface area contributed by atoms with Crippen LogP contribution < -0.4 is 9.47 Å². The summed E-state index contributed by atoms with van der Waals surface area (Å²) in [6, 6.07) is 9.74. The number of hydrogen-bond acceptors (Lipinski definition) is 3. The van der Waals surface area contributed by atoms with Gasteiger partial charge in [0.25, 0.3) is 0 Å². The number of ether oxygens (including phenoxy) is 2. The van der Waals surface area contributed by atoms with Gasteiger partial charge in [-0.3, -0.25) is 0 Å². The highest BCUT2D eigenvalue weighted by atomic mass is 35.5. The van der Waals surface area contributed by atoms with Crippen LogP contribution in [0.3, 0.4) is 0 Å². The number of aliphatic hydroxyl groups excluding tert-OH is 1. The van der Waals surface area contributed by atoms with E-state index in [-0.39, 0.29) is 6.42 Å². The molecular weight excluding hydrogens is 295 g/mol. The second kappa shape index (κ2) is 5.92. The van der Waals surface area contributed by atoms with Crippen LogP contribution in [0.5, 0.6) is 11.5 Å². The van der Waals surface area contributed by atoms with Crippen molar-refractivity contribution in [1.82, 2.24) is 0 Å². The number of rotatable bonds is 3. The quantitative estimate of drug-likeness (QED) is 0.943. The first kappa shape index (κ1) is 14.2. The Balaban J connectivity index is 1.87. The van der Waals surface area contributed by atoms with Gasteiger partial charge < -0.3 is 14.6 Å². The van der Waals surface area contributed by atoms with E-state index < -0.39 is 11.9 Å². The fourth-order valence-corrected chi connectivity index (χ4v) is 2.52. The Bertz CT molecular complexity index is 660. The SMILES string of the molecule is OC(Cc1ccc(Cl)cc1F)c1cccc2c1OCCO2. The zero-order valence-electron chi connectivity index (χ0n) is 11.2. The Morgan fingerprint density at radius 2 is 2.00 bits per heavy atom. The molecule has 0 spiro atoms. The standard InChI is InChI=1S/C16H14ClFO3/c17-11-5-4-10(13(18)9-11)8-14(19)12-2-1-3-15-16(12)21-7-6-20-15/h1-5,9,14,19H,6-8H2. The third kappa shape index (κ3) is 2.96. The Kier molecular flexibility index (Phi) is 3.99. The van der Waals surface area contributed by atoms with Crippen LogP contribution in [0.25, 0.3) is 0 Å². The van der Waals surface area contributed by atoms with Crippen LogP contribution in [0, 0.1) is 5.82 Å². The molecule has 1 aliphatic heterocycles. The molecule has 0 radical (unpaired) electrons. The van der Waals surface area contributed by atoms with Crippen molar-refractivity contribution >= 4 is 11.6 Å². The molecule has 0 fully saturated rings. The third-order valence-corrected chi connectivity index (χ3v) is 3.62. The number of aliphatic hydroxyl groups is 1. The summed E-state index contributed by atoms with van der Waals surface area (Å²) < 4.78 is 24.9. The lowest BCUT2D eigenvalue weighted by atomic mass is 9.99. The molecule has 2 aromatic rings. The van der Waals surface area contributed by atoms with Crippen molar-refractivity contribution < 1.29 is 19.0 Å². The monoisotopic (exact) mass is 308 g/mol. The van der Waals surface area contributed by atoms with Gasteiger partial charge in [0.05, 0.1) is 6.10 Å². The Labute approximate surface area is 126 Å². The van der Waals surface area contributed by atoms with Gasteiger partial charge in [0, 0.05) is 17.0 Å². The molecule has 0 bridgehead atoms. The van der Waals surface area contributed by atoms with Gasteiger partial charge in [-0.25, -0.2) is 4.39 Å². The average Bonchev–Trinajstić information content (AvgIpc) is 2.49. The second-order valence-electron chi connectivity index (χ2n) is 4.83. The maximum atomic E-state index is 13.8. The van der Waals surface area contributed by atoms with Gasteiger partial charge in [0.2, 0.25) is 0 Å². The van der Waals surface area contributed by atoms with Crippen molar-refractivity contribution in [2.24, 2.45) is 0 Å². The molecule has 3 rings (SSSR count). The van der Waals surface area contributed by atoms with Crippen LogP contribution in [0.4, 0.5) is 4.39 Å². The Morgan fingerprint density at radius 3 is 2.81 bits per heavy atom. The summed E-state index contributed by atoms with van der Waals surface area (Å²) in [5.74, 6) is 0.712. The van der Waals surface area contributed by atoms with Crippen molar-refractivity contribution in [3.63, 3.8) is 0 Å². The summed E-state index contributed by atoms with van der Waals surface area (Å²) in [5, 5.41) is 10.7. The van der Waals surface area contributed by atoms with Gasteiger partial charge in [-0.05, 0) is 23.8 Å². The number of para-hydroxylation sites is 1. The molecule has 5 heteroatoms. The minimum atomic E-state index is -0.877. The Morgan fingerprint density at radius 1 is 1.19 bits per heavy atom. The minimum Gasteiger partial charge on any atom is -0.486 e. The van der Waals surface area contributed by atoms with Crippen molar-refractivity contribution in [3.05, 3.63) is 58.4 Å². The third-order valence-electron chi connectivity index (χ3n) is 3.38. The van der Waals surface area contributed by atoms with E-state index in [9.17, 15) is 9.50 Å². The van der Waals surface area contributed by atoms with Crippen LogP contribution in [0.1, 0.15) is 17.2 Å². The number of fused-ring (bicyclic) bond motifs is 1. The Hall–Kier alpha value is -1.78. The molecule has 2 aromatic carbocycles. The van der Waals surface area contributed by atoms with Crippen LogP contribution in [0.2, 0.25) is 5.02 Å². The van der Waals surface area contributed by atoms with Crippen LogP contribution in [-0.4, -0.2) is 18.3 Å². The van der Waals surface area contributed by atoms with Crippen molar-refractivity contribution in [1.29, 1.82) is 0 Å². The summed E-state index contributed by atoms with van der Waals surface area (Å²) in [7, 11) is 0. The predicted octanol–water partition coefficient (Wildman–Crippen LogP) is 3.53. The molecule has 0 saturated heterocycles. The van der Waals surface area contributed by atoms with E-state index in [0.29, 0.717) is 40.9 Å². The summed E-state index contributed by atoms with van der Waals surface area (Å²) in [6.07, 6.45) is -0.736. The second-order valence-corrected chi connectivity index (χ2v) is 5.26. The lowest BCUT2D eigenvalue weighted by Gasteiger charge is -2.23. The van der Waals surface area contributed by atoms with Gasteiger partial charge in [0.15, 0.2) is 11.5 Å². The summed E-state index contributed by atoms with van der Waals surface area (Å²) >= 11 is 5.73. The van der Waals surface area contributed by atoms with Gasteiger partial charge in [-0.2, -0.15) is 0 Å². The van der Waals surface area contributed by atoms with E-state index >= 15 is 0 Å². The molecule has 0 saturated carbocycles. The molecule has 1 aliphatic rings. The first-order valence-electron chi connectivity index (χ1n) is 6.65. The highest BCUT2D eigenvalue weighted by molar-refractivity contribution is 6.30. The fraction of sp³-hybridized carbons (Fsp3) is 0.250. The normalized spacial score (nSPS) is 14.8. The van der Waals surface area contributed by atoms with Crippen molar-refractivity contribution in [3.8, 4) is 11.5 Å². The van der Waals surface area contributed by atoms with E-state index in [2.05, 4.69) is 0 Å². The smallest absolute Gasteiger partial charge is 0.167 e. The highest BCUT2D eigenvalue weighted by Gasteiger charge is 2.21. The topological polar surface area (TPSA) is 38.7 Å². The maximum absolute atomic E-state index is 13.8. The first-order valence-corrected chi connectivity index (χ1v) is 7.03. The maximum Gasteiger partial charge on any atom is 0.167 e. The fourth-order valence-electron chi connectivity index (χ4n) is 2.36. The van der Waals surface area contributed by atoms with E-state index in [1.54, 1.807) is 30.3 Å². The molecular formula is C16H14ClFO3. The number of hydrogen-bond donors (Lipinski definition) is 1. The van der Waals surface area contributed by atoms with Crippen molar-refractivity contribution in [2.45, 2.75) is 12.5 Å². The summed E-state index contributed by atoms with van der Waals surface area (Å²) in [4.78, 5) is 0. The lowest BCUT2D eigenvalue weighted by Crippen LogP contribution is -2.17. The molecule has 1 heterocycles. The van der Waals surface area contributed by atoms with Crippen LogP contribution in [-0.2, 0) is 6.42 Å². The van der Waals surface area contributed by atoms with E-state index in [1.165, 1.54) is 6.07 Å². The molecule has 3 nitrogen and oxygen atoms in total. The zero-order chi connectivity index (χ0) is 14.8. The van der Waals surface area contributed by atoms with Crippen LogP contribution in [0.15, 0.2) is 36.4 Å². The molecule has 1 N–H and O–H groups in total. The molecule has 1 atom stereocenters. The minimum absolute atomic E-state index is 0.142. The van der Waals surface area contributed by atoms with E-state index in [4.69, 9.17) is 21.1 Å². The molecule has 110 valence electrons. The van der Waals surface area contributed by atoms with E-state index in [1.807, 2.05) is 0 Å². The van der Waals surface area contributed by atoms with Gasteiger partial charge in [0.1, 0.15) is 19.0 Å². The van der Waals surface area contributed by atoms with E-state index in [0.717, 1.165) is 0 Å². The summed E-state index contributed by atoms with van der Waals surface area (Å²) in [5.41, 5.74) is 1.00. The average molecular weight is 309 g/mol. The van der Waals surface area contributed by atoms with Crippen LogP contribution >= 0.6 is 11.6 Å². The molecule has 0 amide bonds. The molecule has 0 aliphatic carbocycles. The number of halogens is 2. The predicted molar refractivity (Wildman–Crippen MR) is 77.5 cm³/mol. The van der Waals surface area contributed by atoms with Gasteiger partial charge >= 0.3 is 0 Å². The zero-order valence-corrected chi connectivity index (χ0v) is 11.9. The first-order chi connectivity index (χ1) is 10.1. The molecule has 1 unspecified atom stereocenters. The summed E-state index contributed by atoms with van der Waals surface area (Å²) in [6.45, 7) is 0.921. The largest absolute Gasteiger partial charge is 0.486 e.